The third kappa shape index (κ3) is 4.83. The Morgan fingerprint density at radius 2 is 1.77 bits per heavy atom. The number of aliphatic hydroxyl groups excluding tert-OH is 1. The van der Waals surface area contributed by atoms with Gasteiger partial charge in [0.15, 0.2) is 0 Å². The van der Waals surface area contributed by atoms with Gasteiger partial charge in [0.1, 0.15) is 11.6 Å². The number of ether oxygens (including phenoxy) is 1. The lowest BCUT2D eigenvalue weighted by atomic mass is 9.75. The highest BCUT2D eigenvalue weighted by Gasteiger charge is 2.35. The molecule has 0 aliphatic carbocycles. The molecule has 0 amide bonds. The minimum atomic E-state index is -0.215. The van der Waals surface area contributed by atoms with Gasteiger partial charge in [-0.25, -0.2) is 4.39 Å². The van der Waals surface area contributed by atoms with Crippen LogP contribution in [0.2, 0.25) is 0 Å². The van der Waals surface area contributed by atoms with Gasteiger partial charge in [-0.3, -0.25) is 4.90 Å². The van der Waals surface area contributed by atoms with E-state index in [9.17, 15) is 9.50 Å². The maximum absolute atomic E-state index is 13.2. The van der Waals surface area contributed by atoms with Crippen molar-refractivity contribution in [2.45, 2.75) is 32.7 Å². The molecule has 3 nitrogen and oxygen atoms in total. The fourth-order valence-corrected chi connectivity index (χ4v) is 3.93. The Morgan fingerprint density at radius 1 is 1.08 bits per heavy atom. The fourth-order valence-electron chi connectivity index (χ4n) is 3.93. The van der Waals surface area contributed by atoms with Gasteiger partial charge < -0.3 is 9.84 Å². The predicted octanol–water partition coefficient (Wildman–Crippen LogP) is 4.04. The second-order valence-corrected chi connectivity index (χ2v) is 7.35. The number of hydrogen-bond donors (Lipinski definition) is 1. The summed E-state index contributed by atoms with van der Waals surface area (Å²) in [6.07, 6.45) is 2.85. The summed E-state index contributed by atoms with van der Waals surface area (Å²) >= 11 is 0. The molecule has 1 saturated heterocycles. The zero-order valence-electron chi connectivity index (χ0n) is 15.5. The van der Waals surface area contributed by atoms with E-state index in [0.717, 1.165) is 50.2 Å². The highest BCUT2D eigenvalue weighted by Crippen LogP contribution is 2.34. The number of benzene rings is 2. The summed E-state index contributed by atoms with van der Waals surface area (Å²) in [5.41, 5.74) is 2.19. The Kier molecular flexibility index (Phi) is 6.28. The van der Waals surface area contributed by atoms with Crippen molar-refractivity contribution in [1.82, 2.24) is 4.90 Å². The van der Waals surface area contributed by atoms with Crippen LogP contribution in [0.4, 0.5) is 4.39 Å². The number of hydrogen-bond acceptors (Lipinski definition) is 3. The van der Waals surface area contributed by atoms with Gasteiger partial charge in [0.05, 0.1) is 13.2 Å². The normalized spacial score (nSPS) is 20.9. The number of aliphatic hydroxyl groups is 1. The molecule has 1 fully saturated rings. The smallest absolute Gasteiger partial charge is 0.123 e. The van der Waals surface area contributed by atoms with E-state index in [-0.39, 0.29) is 17.8 Å². The van der Waals surface area contributed by atoms with E-state index < -0.39 is 0 Å². The number of piperidine rings is 1. The standard InChI is InChI=1S/C22H28FNO2/c1-2-26-21-10-6-19(7-11-21)15-24-13-3-12-22(16-24,17-25)14-18-4-8-20(23)9-5-18/h4-11,25H,2-3,12-17H2,1H3/t22-/m0/s1. The van der Waals surface area contributed by atoms with E-state index >= 15 is 0 Å². The zero-order valence-corrected chi connectivity index (χ0v) is 15.5. The van der Waals surface area contributed by atoms with Gasteiger partial charge in [0.2, 0.25) is 0 Å². The first kappa shape index (κ1) is 18.9. The van der Waals surface area contributed by atoms with Crippen molar-refractivity contribution in [2.75, 3.05) is 26.3 Å². The summed E-state index contributed by atoms with van der Waals surface area (Å²) in [6, 6.07) is 14.9. The molecule has 1 N–H and O–H groups in total. The molecule has 2 aromatic rings. The van der Waals surface area contributed by atoms with Crippen LogP contribution in [0.15, 0.2) is 48.5 Å². The zero-order chi connectivity index (χ0) is 18.4. The summed E-state index contributed by atoms with van der Waals surface area (Å²) in [5, 5.41) is 10.1. The SMILES string of the molecule is CCOc1ccc(CN2CCC[C@](CO)(Cc3ccc(F)cc3)C2)cc1. The van der Waals surface area contributed by atoms with Crippen molar-refractivity contribution in [3.8, 4) is 5.75 Å². The first-order chi connectivity index (χ1) is 12.6. The van der Waals surface area contributed by atoms with Gasteiger partial charge in [-0.1, -0.05) is 24.3 Å². The number of nitrogens with zero attached hydrogens (tertiary/aromatic N) is 1. The van der Waals surface area contributed by atoms with E-state index in [4.69, 9.17) is 4.74 Å². The minimum absolute atomic E-state index is 0.151. The second kappa shape index (κ2) is 8.65. The second-order valence-electron chi connectivity index (χ2n) is 7.35. The highest BCUT2D eigenvalue weighted by atomic mass is 19.1. The van der Waals surface area contributed by atoms with Crippen LogP contribution in [0.3, 0.4) is 0 Å². The van der Waals surface area contributed by atoms with E-state index in [1.807, 2.05) is 31.2 Å². The average molecular weight is 357 g/mol. The van der Waals surface area contributed by atoms with Gasteiger partial charge in [0, 0.05) is 18.5 Å². The van der Waals surface area contributed by atoms with E-state index in [1.54, 1.807) is 0 Å². The lowest BCUT2D eigenvalue weighted by Crippen LogP contribution is -2.46. The molecule has 1 aliphatic heterocycles. The highest BCUT2D eigenvalue weighted by molar-refractivity contribution is 5.27. The Hall–Kier alpha value is -1.91. The molecule has 1 heterocycles. The van der Waals surface area contributed by atoms with Crippen molar-refractivity contribution in [3.63, 3.8) is 0 Å². The molecule has 0 spiro atoms. The van der Waals surface area contributed by atoms with Crippen LogP contribution in [0.1, 0.15) is 30.9 Å². The summed E-state index contributed by atoms with van der Waals surface area (Å²) in [5.74, 6) is 0.684. The van der Waals surface area contributed by atoms with E-state index in [1.165, 1.54) is 17.7 Å². The third-order valence-electron chi connectivity index (χ3n) is 5.21. The molecule has 1 atom stereocenters. The molecule has 0 unspecified atom stereocenters. The van der Waals surface area contributed by atoms with Crippen LogP contribution in [-0.4, -0.2) is 36.3 Å². The minimum Gasteiger partial charge on any atom is -0.494 e. The molecule has 0 bridgehead atoms. The summed E-state index contributed by atoms with van der Waals surface area (Å²) in [7, 11) is 0. The predicted molar refractivity (Wildman–Crippen MR) is 102 cm³/mol. The molecule has 0 saturated carbocycles. The molecule has 1 aliphatic rings. The molecular formula is C22H28FNO2. The Morgan fingerprint density at radius 3 is 2.42 bits per heavy atom. The maximum atomic E-state index is 13.2. The first-order valence-electron chi connectivity index (χ1n) is 9.42. The van der Waals surface area contributed by atoms with Gasteiger partial charge in [-0.05, 0) is 68.1 Å². The number of halogens is 1. The van der Waals surface area contributed by atoms with Crippen molar-refractivity contribution < 1.29 is 14.2 Å². The Labute approximate surface area is 155 Å². The average Bonchev–Trinajstić information content (AvgIpc) is 2.66. The lowest BCUT2D eigenvalue weighted by molar-refractivity contribution is 0.0288. The van der Waals surface area contributed by atoms with Gasteiger partial charge in [-0.15, -0.1) is 0 Å². The van der Waals surface area contributed by atoms with Crippen LogP contribution in [0, 0.1) is 11.2 Å². The van der Waals surface area contributed by atoms with Crippen LogP contribution in [0.25, 0.3) is 0 Å². The summed E-state index contributed by atoms with van der Waals surface area (Å²) in [4.78, 5) is 2.42. The molecule has 26 heavy (non-hydrogen) atoms. The Bertz CT molecular complexity index is 686. The quantitative estimate of drug-likeness (QED) is 0.812. The van der Waals surface area contributed by atoms with E-state index in [2.05, 4.69) is 17.0 Å². The Balaban J connectivity index is 1.65. The first-order valence-corrected chi connectivity index (χ1v) is 9.42. The van der Waals surface area contributed by atoms with Crippen molar-refractivity contribution >= 4 is 0 Å². The largest absolute Gasteiger partial charge is 0.494 e. The molecule has 0 aromatic heterocycles. The third-order valence-corrected chi connectivity index (χ3v) is 5.21. The maximum Gasteiger partial charge on any atom is 0.123 e. The van der Waals surface area contributed by atoms with Crippen molar-refractivity contribution in [3.05, 3.63) is 65.5 Å². The van der Waals surface area contributed by atoms with E-state index in [0.29, 0.717) is 6.61 Å². The fraction of sp³-hybridized carbons (Fsp3) is 0.455. The summed E-state index contributed by atoms with van der Waals surface area (Å²) in [6.45, 7) is 5.58. The van der Waals surface area contributed by atoms with Crippen molar-refractivity contribution in [2.24, 2.45) is 5.41 Å². The topological polar surface area (TPSA) is 32.7 Å². The molecule has 3 rings (SSSR count). The lowest BCUT2D eigenvalue weighted by Gasteiger charge is -2.42. The van der Waals surface area contributed by atoms with Gasteiger partial charge in [0.25, 0.3) is 0 Å². The molecule has 4 heteroatoms. The number of rotatable bonds is 7. The monoisotopic (exact) mass is 357 g/mol. The molecule has 2 aromatic carbocycles. The van der Waals surface area contributed by atoms with Gasteiger partial charge >= 0.3 is 0 Å². The summed E-state index contributed by atoms with van der Waals surface area (Å²) < 4.78 is 18.7. The van der Waals surface area contributed by atoms with Crippen LogP contribution in [-0.2, 0) is 13.0 Å². The molecule has 140 valence electrons. The van der Waals surface area contributed by atoms with Gasteiger partial charge in [-0.2, -0.15) is 0 Å². The van der Waals surface area contributed by atoms with Crippen LogP contribution in [0.5, 0.6) is 5.75 Å². The van der Waals surface area contributed by atoms with Crippen molar-refractivity contribution in [1.29, 1.82) is 0 Å². The number of likely N-dealkylation sites (tertiary alicyclic amines) is 1. The molecule has 0 radical (unpaired) electrons. The molecular weight excluding hydrogens is 329 g/mol. The van der Waals surface area contributed by atoms with Crippen LogP contribution >= 0.6 is 0 Å². The van der Waals surface area contributed by atoms with Crippen LogP contribution < -0.4 is 4.74 Å².